The highest BCUT2D eigenvalue weighted by molar-refractivity contribution is 5.11. The lowest BCUT2D eigenvalue weighted by molar-refractivity contribution is -0.184. The number of rotatable bonds is 16. The molecule has 10 atom stereocenters. The van der Waals surface area contributed by atoms with Gasteiger partial charge in [-0.2, -0.15) is 0 Å². The van der Waals surface area contributed by atoms with Crippen molar-refractivity contribution in [2.45, 2.75) is 97.7 Å². The molecule has 0 spiro atoms. The van der Waals surface area contributed by atoms with E-state index in [0.29, 0.717) is 55.3 Å². The van der Waals surface area contributed by atoms with Gasteiger partial charge in [-0.25, -0.2) is 0 Å². The van der Waals surface area contributed by atoms with E-state index in [1.807, 2.05) is 0 Å². The highest BCUT2D eigenvalue weighted by atomic mass is 16.5. The molecule has 3 rings (SSSR count). The van der Waals surface area contributed by atoms with Gasteiger partial charge < -0.3 is 36.5 Å². The number of aliphatic hydroxyl groups is 1. The molecule has 3 saturated carbocycles. The van der Waals surface area contributed by atoms with Crippen molar-refractivity contribution >= 4 is 0 Å². The van der Waals surface area contributed by atoms with E-state index in [-0.39, 0.29) is 29.5 Å². The Morgan fingerprint density at radius 1 is 0.868 bits per heavy atom. The third kappa shape index (κ3) is 6.95. The second-order valence-electron chi connectivity index (χ2n) is 13.4. The Hall–Kier alpha value is -0.280. The highest BCUT2D eigenvalue weighted by Gasteiger charge is 2.62. The molecule has 0 aromatic heterocycles. The maximum absolute atomic E-state index is 10.2. The number of hydrogen-bond donors (Lipinski definition) is 4. The maximum Gasteiger partial charge on any atom is 0.0637 e. The summed E-state index contributed by atoms with van der Waals surface area (Å²) in [6.45, 7) is 15.0. The molecule has 0 heterocycles. The normalized spacial score (nSPS) is 40.3. The molecule has 0 saturated heterocycles. The predicted octanol–water partition coefficient (Wildman–Crippen LogP) is 3.94. The van der Waals surface area contributed by atoms with Crippen LogP contribution in [0.5, 0.6) is 0 Å². The Morgan fingerprint density at radius 3 is 2.16 bits per heavy atom. The third-order valence-electron chi connectivity index (χ3n) is 11.3. The van der Waals surface area contributed by atoms with Crippen LogP contribution in [0.4, 0.5) is 0 Å². The van der Waals surface area contributed by atoms with Crippen LogP contribution in [0.2, 0.25) is 0 Å². The minimum atomic E-state index is 0.0390. The molecule has 0 amide bonds. The van der Waals surface area contributed by atoms with E-state index in [9.17, 15) is 5.11 Å². The van der Waals surface area contributed by atoms with Crippen molar-refractivity contribution in [2.75, 3.05) is 52.7 Å². The Kier molecular flexibility index (Phi) is 12.8. The molecular weight excluding hydrogens is 478 g/mol. The van der Waals surface area contributed by atoms with Gasteiger partial charge in [-0.15, -0.1) is 0 Å². The summed E-state index contributed by atoms with van der Waals surface area (Å²) in [5.41, 5.74) is 17.6. The lowest BCUT2D eigenvalue weighted by Crippen LogP contribution is -2.58. The zero-order chi connectivity index (χ0) is 27.8. The van der Waals surface area contributed by atoms with Gasteiger partial charge in [-0.3, -0.25) is 0 Å². The van der Waals surface area contributed by atoms with Crippen LogP contribution in [0.15, 0.2) is 0 Å². The topological polar surface area (TPSA) is 126 Å². The van der Waals surface area contributed by atoms with Crippen LogP contribution in [-0.4, -0.2) is 70.0 Å². The summed E-state index contributed by atoms with van der Waals surface area (Å²) < 4.78 is 19.4. The molecule has 0 aliphatic heterocycles. The average molecular weight is 540 g/mol. The number of nitrogens with two attached hydrogens (primary N) is 3. The minimum Gasteiger partial charge on any atom is -0.396 e. The van der Waals surface area contributed by atoms with Gasteiger partial charge in [0.2, 0.25) is 0 Å². The molecule has 0 bridgehead atoms. The lowest BCUT2D eigenvalue weighted by atomic mass is 9.47. The van der Waals surface area contributed by atoms with Gasteiger partial charge in [0.05, 0.1) is 12.2 Å². The van der Waals surface area contributed by atoms with E-state index >= 15 is 0 Å². The van der Waals surface area contributed by atoms with Crippen LogP contribution in [0.3, 0.4) is 0 Å². The quantitative estimate of drug-likeness (QED) is 0.219. The van der Waals surface area contributed by atoms with Crippen LogP contribution >= 0.6 is 0 Å². The van der Waals surface area contributed by atoms with Crippen LogP contribution < -0.4 is 17.2 Å². The molecule has 224 valence electrons. The van der Waals surface area contributed by atoms with Crippen LogP contribution in [-0.2, 0) is 14.2 Å². The van der Waals surface area contributed by atoms with E-state index in [0.717, 1.165) is 71.4 Å². The molecule has 4 unspecified atom stereocenters. The largest absolute Gasteiger partial charge is 0.396 e. The molecule has 7 nitrogen and oxygen atoms in total. The van der Waals surface area contributed by atoms with Crippen LogP contribution in [0.25, 0.3) is 0 Å². The van der Waals surface area contributed by atoms with Crippen molar-refractivity contribution in [3.8, 4) is 0 Å². The standard InChI is InChI=1S/C31H61N3O4/c1-22(20-35)26-8-9-27-25(21-36-15-5-12-32)28(19-29(31(26,27)4)38-17-7-14-34)30(3)11-10-24(18-23(30)2)37-16-6-13-33/h22-29,35H,5-21,32-34H2,1-4H3/t22-,23?,24-,25?,26-,27+,28+,29+,30?,31?/m1/s1. The first-order valence-electron chi connectivity index (χ1n) is 15.8. The molecule has 38 heavy (non-hydrogen) atoms. The summed E-state index contributed by atoms with van der Waals surface area (Å²) >= 11 is 0. The monoisotopic (exact) mass is 539 g/mol. The fourth-order valence-electron chi connectivity index (χ4n) is 8.86. The Balaban J connectivity index is 1.89. The number of aliphatic hydroxyl groups excluding tert-OH is 1. The van der Waals surface area contributed by atoms with Gasteiger partial charge in [0, 0.05) is 38.4 Å². The SMILES string of the molecule is CC1C[C@H](OCCCN)CCC1(C)[C@H]1C[C@H](OCCCN)C2(C)[C@@H]([C@H](C)CO)CC[C@H]2C1COCCCN. The average Bonchev–Trinajstić information content (AvgIpc) is 3.27. The van der Waals surface area contributed by atoms with E-state index in [2.05, 4.69) is 27.7 Å². The molecular formula is C31H61N3O4. The molecule has 7 heteroatoms. The van der Waals surface area contributed by atoms with Crippen LogP contribution in [0.1, 0.15) is 85.5 Å². The lowest BCUT2D eigenvalue weighted by Gasteiger charge is -2.60. The fourth-order valence-corrected chi connectivity index (χ4v) is 8.86. The minimum absolute atomic E-state index is 0.0390. The Labute approximate surface area is 233 Å². The summed E-state index contributed by atoms with van der Waals surface area (Å²) in [4.78, 5) is 0. The van der Waals surface area contributed by atoms with Gasteiger partial charge in [-0.05, 0) is 118 Å². The molecule has 0 radical (unpaired) electrons. The Morgan fingerprint density at radius 2 is 1.53 bits per heavy atom. The fraction of sp³-hybridized carbons (Fsp3) is 1.00. The van der Waals surface area contributed by atoms with Gasteiger partial charge in [-0.1, -0.05) is 27.7 Å². The van der Waals surface area contributed by atoms with Gasteiger partial charge >= 0.3 is 0 Å². The van der Waals surface area contributed by atoms with Crippen molar-refractivity contribution in [3.63, 3.8) is 0 Å². The number of fused-ring (bicyclic) bond motifs is 1. The van der Waals surface area contributed by atoms with Gasteiger partial charge in [0.25, 0.3) is 0 Å². The van der Waals surface area contributed by atoms with Crippen molar-refractivity contribution in [1.29, 1.82) is 0 Å². The molecule has 0 aromatic rings. The van der Waals surface area contributed by atoms with Crippen LogP contribution in [0, 0.1) is 46.3 Å². The first-order chi connectivity index (χ1) is 18.3. The zero-order valence-electron chi connectivity index (χ0n) is 25.0. The van der Waals surface area contributed by atoms with Crippen molar-refractivity contribution in [3.05, 3.63) is 0 Å². The second kappa shape index (κ2) is 15.1. The summed E-state index contributed by atoms with van der Waals surface area (Å²) in [6.07, 6.45) is 10.1. The molecule has 3 aliphatic rings. The molecule has 3 aliphatic carbocycles. The summed E-state index contributed by atoms with van der Waals surface area (Å²) in [5, 5.41) is 10.2. The maximum atomic E-state index is 10.2. The van der Waals surface area contributed by atoms with Crippen molar-refractivity contribution in [2.24, 2.45) is 63.5 Å². The molecule has 3 fully saturated rings. The van der Waals surface area contributed by atoms with Gasteiger partial charge in [0.1, 0.15) is 0 Å². The van der Waals surface area contributed by atoms with Crippen molar-refractivity contribution < 1.29 is 19.3 Å². The van der Waals surface area contributed by atoms with E-state index in [4.69, 9.17) is 31.4 Å². The summed E-state index contributed by atoms with van der Waals surface area (Å²) in [7, 11) is 0. The van der Waals surface area contributed by atoms with Crippen molar-refractivity contribution in [1.82, 2.24) is 0 Å². The van der Waals surface area contributed by atoms with Gasteiger partial charge in [0.15, 0.2) is 0 Å². The smallest absolute Gasteiger partial charge is 0.0637 e. The first kappa shape index (κ1) is 32.2. The Bertz CT molecular complexity index is 684. The van der Waals surface area contributed by atoms with E-state index in [1.165, 1.54) is 12.8 Å². The third-order valence-corrected chi connectivity index (χ3v) is 11.3. The molecule has 0 aromatic carbocycles. The number of hydrogen-bond acceptors (Lipinski definition) is 7. The molecule has 7 N–H and O–H groups in total. The summed E-state index contributed by atoms with van der Waals surface area (Å²) in [5.74, 6) is 2.86. The van der Waals surface area contributed by atoms with E-state index in [1.54, 1.807) is 0 Å². The first-order valence-corrected chi connectivity index (χ1v) is 15.8. The summed E-state index contributed by atoms with van der Waals surface area (Å²) in [6, 6.07) is 0. The predicted molar refractivity (Wildman–Crippen MR) is 155 cm³/mol. The second-order valence-corrected chi connectivity index (χ2v) is 13.4. The number of ether oxygens (including phenoxy) is 3. The zero-order valence-corrected chi connectivity index (χ0v) is 25.0. The van der Waals surface area contributed by atoms with E-state index < -0.39 is 0 Å². The highest BCUT2D eigenvalue weighted by Crippen LogP contribution is 2.65.